The molecule has 1 aliphatic rings. The summed E-state index contributed by atoms with van der Waals surface area (Å²) < 4.78 is 10.8. The highest BCUT2D eigenvalue weighted by molar-refractivity contribution is 6.06. The number of rotatable bonds is 5. The van der Waals surface area contributed by atoms with Crippen molar-refractivity contribution >= 4 is 34.2 Å². The Balaban J connectivity index is 1.57. The van der Waals surface area contributed by atoms with Gasteiger partial charge in [-0.25, -0.2) is 4.79 Å². The first-order valence-corrected chi connectivity index (χ1v) is 9.48. The van der Waals surface area contributed by atoms with Gasteiger partial charge in [0.15, 0.2) is 6.61 Å². The lowest BCUT2D eigenvalue weighted by molar-refractivity contribution is -0.121. The number of para-hydroxylation sites is 1. The van der Waals surface area contributed by atoms with Crippen LogP contribution in [-0.4, -0.2) is 50.5 Å². The number of hydrogen-bond donors (Lipinski definition) is 1. The van der Waals surface area contributed by atoms with Gasteiger partial charge in [-0.1, -0.05) is 18.2 Å². The third-order valence-electron chi connectivity index (χ3n) is 4.82. The molecule has 8 nitrogen and oxygen atoms in total. The fourth-order valence-electron chi connectivity index (χ4n) is 3.25. The summed E-state index contributed by atoms with van der Waals surface area (Å²) in [5.41, 5.74) is 0.726. The highest BCUT2D eigenvalue weighted by Gasteiger charge is 2.26. The van der Waals surface area contributed by atoms with Gasteiger partial charge in [0, 0.05) is 30.2 Å². The van der Waals surface area contributed by atoms with Crippen molar-refractivity contribution < 1.29 is 18.7 Å². The van der Waals surface area contributed by atoms with E-state index in [1.54, 1.807) is 47.4 Å². The molecule has 0 saturated heterocycles. The second-order valence-corrected chi connectivity index (χ2v) is 7.26. The van der Waals surface area contributed by atoms with Crippen molar-refractivity contribution in [2.24, 2.45) is 0 Å². The van der Waals surface area contributed by atoms with Crippen molar-refractivity contribution in [2.45, 2.75) is 0 Å². The fourth-order valence-corrected chi connectivity index (χ4v) is 3.25. The molecule has 0 aliphatic carbocycles. The summed E-state index contributed by atoms with van der Waals surface area (Å²) in [7, 11) is 3.88. The van der Waals surface area contributed by atoms with Crippen LogP contribution in [0.5, 0.6) is 5.75 Å². The van der Waals surface area contributed by atoms with Crippen LogP contribution >= 0.6 is 0 Å². The molecule has 0 bridgehead atoms. The summed E-state index contributed by atoms with van der Waals surface area (Å²) in [6, 6.07) is 13.5. The molecule has 1 aromatic heterocycles. The highest BCUT2D eigenvalue weighted by atomic mass is 16.5. The van der Waals surface area contributed by atoms with E-state index in [-0.39, 0.29) is 18.1 Å². The molecule has 2 heterocycles. The Morgan fingerprint density at radius 3 is 2.73 bits per heavy atom. The molecule has 154 valence electrons. The molecule has 4 rings (SSSR count). The lowest BCUT2D eigenvalue weighted by atomic mass is 10.1. The van der Waals surface area contributed by atoms with E-state index in [9.17, 15) is 14.4 Å². The van der Waals surface area contributed by atoms with E-state index in [0.29, 0.717) is 41.2 Å². The predicted octanol–water partition coefficient (Wildman–Crippen LogP) is 2.33. The van der Waals surface area contributed by atoms with Gasteiger partial charge in [-0.15, -0.1) is 0 Å². The molecule has 0 spiro atoms. The summed E-state index contributed by atoms with van der Waals surface area (Å²) >= 11 is 0. The number of benzene rings is 2. The number of anilines is 2. The number of carbonyl (C=O) groups excluding carboxylic acids is 2. The first-order valence-electron chi connectivity index (χ1n) is 9.48. The minimum atomic E-state index is -0.708. The van der Waals surface area contributed by atoms with Crippen LogP contribution in [0.25, 0.3) is 11.0 Å². The molecule has 0 unspecified atom stereocenters. The van der Waals surface area contributed by atoms with Crippen molar-refractivity contribution in [3.05, 3.63) is 64.5 Å². The van der Waals surface area contributed by atoms with Crippen molar-refractivity contribution in [3.8, 4) is 5.75 Å². The first-order chi connectivity index (χ1) is 14.4. The Hall–Kier alpha value is -3.65. The fraction of sp³-hybridized carbons (Fsp3) is 0.227. The first kappa shape index (κ1) is 19.7. The van der Waals surface area contributed by atoms with Gasteiger partial charge in [0.25, 0.3) is 11.8 Å². The molecule has 0 atom stereocenters. The largest absolute Gasteiger partial charge is 0.481 e. The average Bonchev–Trinajstić information content (AvgIpc) is 2.72. The number of carbonyl (C=O) groups is 2. The Labute approximate surface area is 172 Å². The van der Waals surface area contributed by atoms with Crippen LogP contribution in [0.3, 0.4) is 0 Å². The third-order valence-corrected chi connectivity index (χ3v) is 4.82. The van der Waals surface area contributed by atoms with Crippen molar-refractivity contribution in [1.29, 1.82) is 0 Å². The van der Waals surface area contributed by atoms with Crippen LogP contribution in [0.15, 0.2) is 57.7 Å². The summed E-state index contributed by atoms with van der Waals surface area (Å²) in [6.07, 6.45) is 0. The topological polar surface area (TPSA) is 92.1 Å². The zero-order chi connectivity index (χ0) is 21.3. The zero-order valence-electron chi connectivity index (χ0n) is 16.7. The van der Waals surface area contributed by atoms with E-state index in [1.165, 1.54) is 6.07 Å². The molecule has 0 fully saturated rings. The van der Waals surface area contributed by atoms with Gasteiger partial charge >= 0.3 is 5.63 Å². The molecule has 2 amide bonds. The van der Waals surface area contributed by atoms with Gasteiger partial charge in [-0.05, 0) is 38.4 Å². The number of nitrogens with zero attached hydrogens (tertiary/aromatic N) is 2. The van der Waals surface area contributed by atoms with Crippen LogP contribution in [0, 0.1) is 0 Å². The predicted molar refractivity (Wildman–Crippen MR) is 113 cm³/mol. The molecule has 30 heavy (non-hydrogen) atoms. The van der Waals surface area contributed by atoms with Gasteiger partial charge in [0.1, 0.15) is 16.9 Å². The maximum Gasteiger partial charge on any atom is 0.349 e. The molecular weight excluding hydrogens is 386 g/mol. The Morgan fingerprint density at radius 1 is 1.13 bits per heavy atom. The second-order valence-electron chi connectivity index (χ2n) is 7.26. The van der Waals surface area contributed by atoms with E-state index >= 15 is 0 Å². The van der Waals surface area contributed by atoms with E-state index in [1.807, 2.05) is 19.0 Å². The minimum Gasteiger partial charge on any atom is -0.481 e. The van der Waals surface area contributed by atoms with Gasteiger partial charge in [-0.3, -0.25) is 9.59 Å². The average molecular weight is 407 g/mol. The van der Waals surface area contributed by atoms with Crippen LogP contribution < -0.4 is 20.6 Å². The normalized spacial score (nSPS) is 13.3. The van der Waals surface area contributed by atoms with E-state index in [4.69, 9.17) is 9.15 Å². The third kappa shape index (κ3) is 3.90. The van der Waals surface area contributed by atoms with E-state index in [2.05, 4.69) is 5.32 Å². The smallest absolute Gasteiger partial charge is 0.349 e. The molecule has 1 aliphatic heterocycles. The quantitative estimate of drug-likeness (QED) is 0.653. The van der Waals surface area contributed by atoms with E-state index in [0.717, 1.165) is 0 Å². The SMILES string of the molecule is CN(C)CCN1C(=O)COc2cc(NC(=O)c3cc4ccccc4oc3=O)ccc21. The lowest BCUT2D eigenvalue weighted by Gasteiger charge is -2.30. The van der Waals surface area contributed by atoms with Crippen LogP contribution in [0.1, 0.15) is 10.4 Å². The summed E-state index contributed by atoms with van der Waals surface area (Å²) in [4.78, 5) is 40.8. The highest BCUT2D eigenvalue weighted by Crippen LogP contribution is 2.34. The summed E-state index contributed by atoms with van der Waals surface area (Å²) in [5.74, 6) is -0.197. The monoisotopic (exact) mass is 407 g/mol. The lowest BCUT2D eigenvalue weighted by Crippen LogP contribution is -2.42. The number of fused-ring (bicyclic) bond motifs is 2. The van der Waals surface area contributed by atoms with Crippen LogP contribution in [0.2, 0.25) is 0 Å². The number of amides is 2. The number of nitrogens with one attached hydrogen (secondary N) is 1. The van der Waals surface area contributed by atoms with Crippen molar-refractivity contribution in [2.75, 3.05) is 44.0 Å². The Bertz CT molecular complexity index is 1180. The van der Waals surface area contributed by atoms with Gasteiger partial charge < -0.3 is 24.3 Å². The van der Waals surface area contributed by atoms with Gasteiger partial charge in [0.2, 0.25) is 0 Å². The number of likely N-dealkylation sites (N-methyl/N-ethyl adjacent to an activating group) is 1. The number of ether oxygens (including phenoxy) is 1. The van der Waals surface area contributed by atoms with Gasteiger partial charge in [-0.2, -0.15) is 0 Å². The Morgan fingerprint density at radius 2 is 1.93 bits per heavy atom. The molecule has 3 aromatic rings. The molecule has 0 saturated carbocycles. The molecule has 1 N–H and O–H groups in total. The maximum absolute atomic E-state index is 12.7. The maximum atomic E-state index is 12.7. The second kappa shape index (κ2) is 8.00. The number of hydrogen-bond acceptors (Lipinski definition) is 6. The standard InChI is InChI=1S/C22H21N3O5/c1-24(2)9-10-25-17-8-7-15(12-19(17)29-13-20(25)26)23-21(27)16-11-14-5-3-4-6-18(14)30-22(16)28/h3-8,11-12H,9-10,13H2,1-2H3,(H,23,27). The van der Waals surface area contributed by atoms with Crippen LogP contribution in [0.4, 0.5) is 11.4 Å². The van der Waals surface area contributed by atoms with Crippen LogP contribution in [-0.2, 0) is 4.79 Å². The van der Waals surface area contributed by atoms with Crippen molar-refractivity contribution in [1.82, 2.24) is 4.90 Å². The summed E-state index contributed by atoms with van der Waals surface area (Å²) in [6.45, 7) is 1.18. The van der Waals surface area contributed by atoms with Crippen molar-refractivity contribution in [3.63, 3.8) is 0 Å². The minimum absolute atomic E-state index is 0.0634. The van der Waals surface area contributed by atoms with E-state index < -0.39 is 11.5 Å². The zero-order valence-corrected chi connectivity index (χ0v) is 16.7. The molecule has 8 heteroatoms. The summed E-state index contributed by atoms with van der Waals surface area (Å²) in [5, 5.41) is 3.36. The molecule has 0 radical (unpaired) electrons. The Kier molecular flexibility index (Phi) is 5.24. The van der Waals surface area contributed by atoms with Gasteiger partial charge in [0.05, 0.1) is 5.69 Å². The molecule has 2 aromatic carbocycles. The molecular formula is C22H21N3O5.